The highest BCUT2D eigenvalue weighted by Gasteiger charge is 2.05. The van der Waals surface area contributed by atoms with Crippen molar-refractivity contribution in [3.8, 4) is 0 Å². The van der Waals surface area contributed by atoms with Crippen LogP contribution in [0, 0.1) is 0 Å². The molecule has 1 aromatic heterocycles. The molecule has 25 heavy (non-hydrogen) atoms. The van der Waals surface area contributed by atoms with Crippen LogP contribution in [-0.2, 0) is 24.1 Å². The van der Waals surface area contributed by atoms with E-state index in [1.165, 1.54) is 16.7 Å². The molecule has 0 fully saturated rings. The largest absolute Gasteiger partial charge is 0.326 e. The van der Waals surface area contributed by atoms with E-state index in [9.17, 15) is 4.79 Å². The van der Waals surface area contributed by atoms with Crippen molar-refractivity contribution in [3.63, 3.8) is 0 Å². The summed E-state index contributed by atoms with van der Waals surface area (Å²) in [6.07, 6.45) is 5.87. The van der Waals surface area contributed by atoms with Gasteiger partial charge in [-0.15, -0.1) is 0 Å². The molecule has 3 nitrogen and oxygen atoms in total. The van der Waals surface area contributed by atoms with Gasteiger partial charge in [0.2, 0.25) is 5.91 Å². The fourth-order valence-corrected chi connectivity index (χ4v) is 2.73. The van der Waals surface area contributed by atoms with Gasteiger partial charge in [0.15, 0.2) is 0 Å². The summed E-state index contributed by atoms with van der Waals surface area (Å²) >= 11 is 0. The molecule has 1 heterocycles. The Morgan fingerprint density at radius 2 is 1.36 bits per heavy atom. The lowest BCUT2D eigenvalue weighted by Gasteiger charge is -2.07. The molecule has 0 unspecified atom stereocenters. The van der Waals surface area contributed by atoms with Crippen molar-refractivity contribution < 1.29 is 4.79 Å². The molecule has 1 amide bonds. The van der Waals surface area contributed by atoms with Gasteiger partial charge in [-0.1, -0.05) is 43.3 Å². The Morgan fingerprint density at radius 1 is 0.800 bits per heavy atom. The van der Waals surface area contributed by atoms with Gasteiger partial charge in [-0.25, -0.2) is 0 Å². The van der Waals surface area contributed by atoms with Crippen LogP contribution < -0.4 is 5.32 Å². The standard InChI is InChI=1S/C22H22N2O/c1-2-17-3-5-19(6-4-17)16-22(25)24-21-9-7-18(8-10-21)15-20-11-13-23-14-12-20/h3-14H,2,15-16H2,1H3,(H,24,25). The van der Waals surface area contributed by atoms with E-state index in [1.54, 1.807) is 12.4 Å². The maximum Gasteiger partial charge on any atom is 0.228 e. The normalized spacial score (nSPS) is 10.4. The lowest BCUT2D eigenvalue weighted by molar-refractivity contribution is -0.115. The van der Waals surface area contributed by atoms with Gasteiger partial charge in [0.05, 0.1) is 6.42 Å². The second-order valence-electron chi connectivity index (χ2n) is 6.12. The second kappa shape index (κ2) is 8.25. The molecule has 126 valence electrons. The maximum atomic E-state index is 12.2. The summed E-state index contributed by atoms with van der Waals surface area (Å²) in [5.41, 5.74) is 5.58. The van der Waals surface area contributed by atoms with Crippen LogP contribution in [0.3, 0.4) is 0 Å². The van der Waals surface area contributed by atoms with E-state index in [-0.39, 0.29) is 5.91 Å². The number of carbonyl (C=O) groups is 1. The van der Waals surface area contributed by atoms with Gasteiger partial charge in [0.1, 0.15) is 0 Å². The summed E-state index contributed by atoms with van der Waals surface area (Å²) in [6, 6.07) is 20.2. The molecule has 2 aromatic carbocycles. The van der Waals surface area contributed by atoms with Crippen molar-refractivity contribution in [1.82, 2.24) is 4.98 Å². The number of carbonyl (C=O) groups excluding carboxylic acids is 1. The second-order valence-corrected chi connectivity index (χ2v) is 6.12. The van der Waals surface area contributed by atoms with E-state index in [0.29, 0.717) is 6.42 Å². The number of benzene rings is 2. The number of hydrogen-bond donors (Lipinski definition) is 1. The maximum absolute atomic E-state index is 12.2. The quantitative estimate of drug-likeness (QED) is 0.727. The third-order valence-electron chi connectivity index (χ3n) is 4.19. The Morgan fingerprint density at radius 3 is 2.00 bits per heavy atom. The molecule has 1 N–H and O–H groups in total. The minimum atomic E-state index is 0.00568. The predicted molar refractivity (Wildman–Crippen MR) is 102 cm³/mol. The average molecular weight is 330 g/mol. The first kappa shape index (κ1) is 16.9. The summed E-state index contributed by atoms with van der Waals surface area (Å²) in [5.74, 6) is 0.00568. The third kappa shape index (κ3) is 5.01. The van der Waals surface area contributed by atoms with Gasteiger partial charge in [-0.2, -0.15) is 0 Å². The fraction of sp³-hybridized carbons (Fsp3) is 0.182. The number of nitrogens with zero attached hydrogens (tertiary/aromatic N) is 1. The molecule has 0 atom stereocenters. The highest BCUT2D eigenvalue weighted by atomic mass is 16.1. The number of anilines is 1. The van der Waals surface area contributed by atoms with Crippen molar-refractivity contribution >= 4 is 11.6 Å². The number of aromatic nitrogens is 1. The van der Waals surface area contributed by atoms with Crippen molar-refractivity contribution in [2.24, 2.45) is 0 Å². The molecule has 3 heteroatoms. The van der Waals surface area contributed by atoms with Gasteiger partial charge >= 0.3 is 0 Å². The van der Waals surface area contributed by atoms with Crippen LogP contribution >= 0.6 is 0 Å². The van der Waals surface area contributed by atoms with Gasteiger partial charge in [-0.05, 0) is 59.4 Å². The van der Waals surface area contributed by atoms with Gasteiger partial charge in [0, 0.05) is 18.1 Å². The summed E-state index contributed by atoms with van der Waals surface area (Å²) in [7, 11) is 0. The number of pyridine rings is 1. The number of amides is 1. The highest BCUT2D eigenvalue weighted by molar-refractivity contribution is 5.92. The van der Waals surface area contributed by atoms with E-state index < -0.39 is 0 Å². The van der Waals surface area contributed by atoms with Gasteiger partial charge in [0.25, 0.3) is 0 Å². The van der Waals surface area contributed by atoms with Crippen LogP contribution in [0.25, 0.3) is 0 Å². The van der Waals surface area contributed by atoms with Crippen LogP contribution in [0.2, 0.25) is 0 Å². The van der Waals surface area contributed by atoms with E-state index in [2.05, 4.69) is 29.4 Å². The molecule has 3 aromatic rings. The average Bonchev–Trinajstić information content (AvgIpc) is 2.65. The van der Waals surface area contributed by atoms with E-state index in [4.69, 9.17) is 0 Å². The zero-order valence-corrected chi connectivity index (χ0v) is 14.4. The van der Waals surface area contributed by atoms with Gasteiger partial charge in [-0.3, -0.25) is 9.78 Å². The minimum absolute atomic E-state index is 0.00568. The lowest BCUT2D eigenvalue weighted by atomic mass is 10.1. The van der Waals surface area contributed by atoms with Crippen molar-refractivity contribution in [2.45, 2.75) is 26.2 Å². The molecule has 0 aliphatic rings. The first-order valence-electron chi connectivity index (χ1n) is 8.58. The molecule has 0 spiro atoms. The highest BCUT2D eigenvalue weighted by Crippen LogP contribution is 2.14. The zero-order valence-electron chi connectivity index (χ0n) is 14.4. The summed E-state index contributed by atoms with van der Waals surface area (Å²) in [6.45, 7) is 2.13. The molecule has 0 radical (unpaired) electrons. The molecule has 0 bridgehead atoms. The Labute approximate surface area is 148 Å². The minimum Gasteiger partial charge on any atom is -0.326 e. The zero-order chi connectivity index (χ0) is 17.5. The molecule has 3 rings (SSSR count). The molecule has 0 saturated carbocycles. The summed E-state index contributed by atoms with van der Waals surface area (Å²) < 4.78 is 0. The predicted octanol–water partition coefficient (Wildman–Crippen LogP) is 4.42. The SMILES string of the molecule is CCc1ccc(CC(=O)Nc2ccc(Cc3ccncc3)cc2)cc1. The molecule has 0 saturated heterocycles. The fourth-order valence-electron chi connectivity index (χ4n) is 2.73. The number of rotatable bonds is 6. The molecular formula is C22H22N2O. The van der Waals surface area contributed by atoms with Crippen molar-refractivity contribution in [3.05, 3.63) is 95.3 Å². The molecule has 0 aliphatic heterocycles. The van der Waals surface area contributed by atoms with E-state index in [0.717, 1.165) is 24.1 Å². The van der Waals surface area contributed by atoms with Crippen LogP contribution in [-0.4, -0.2) is 10.9 Å². The number of nitrogens with one attached hydrogen (secondary N) is 1. The first-order valence-corrected chi connectivity index (χ1v) is 8.58. The molecular weight excluding hydrogens is 308 g/mol. The Balaban J connectivity index is 1.56. The van der Waals surface area contributed by atoms with Crippen LogP contribution in [0.1, 0.15) is 29.2 Å². The monoisotopic (exact) mass is 330 g/mol. The number of hydrogen-bond acceptors (Lipinski definition) is 2. The van der Waals surface area contributed by atoms with Gasteiger partial charge < -0.3 is 5.32 Å². The van der Waals surface area contributed by atoms with Crippen LogP contribution in [0.4, 0.5) is 5.69 Å². The van der Waals surface area contributed by atoms with Crippen LogP contribution in [0.5, 0.6) is 0 Å². The van der Waals surface area contributed by atoms with Crippen LogP contribution in [0.15, 0.2) is 73.1 Å². The smallest absolute Gasteiger partial charge is 0.228 e. The topological polar surface area (TPSA) is 42.0 Å². The molecule has 0 aliphatic carbocycles. The Kier molecular flexibility index (Phi) is 5.57. The number of aryl methyl sites for hydroxylation is 1. The van der Waals surface area contributed by atoms with E-state index in [1.807, 2.05) is 48.5 Å². The lowest BCUT2D eigenvalue weighted by Crippen LogP contribution is -2.14. The third-order valence-corrected chi connectivity index (χ3v) is 4.19. The summed E-state index contributed by atoms with van der Waals surface area (Å²) in [5, 5.41) is 2.96. The Bertz CT molecular complexity index is 809. The summed E-state index contributed by atoms with van der Waals surface area (Å²) in [4.78, 5) is 16.2. The van der Waals surface area contributed by atoms with Crippen molar-refractivity contribution in [2.75, 3.05) is 5.32 Å². The van der Waals surface area contributed by atoms with E-state index >= 15 is 0 Å². The van der Waals surface area contributed by atoms with Crippen molar-refractivity contribution in [1.29, 1.82) is 0 Å². The Hall–Kier alpha value is -2.94. The first-order chi connectivity index (χ1) is 12.2.